The lowest BCUT2D eigenvalue weighted by molar-refractivity contribution is 0.519. The number of rotatable bonds is 9. The Morgan fingerprint density at radius 3 is 2.43 bits per heavy atom. The van der Waals surface area contributed by atoms with Gasteiger partial charge >= 0.3 is 0 Å². The number of sulfonamides is 1. The van der Waals surface area contributed by atoms with Crippen LogP contribution in [0.25, 0.3) is 0 Å². The van der Waals surface area contributed by atoms with Gasteiger partial charge in [-0.2, -0.15) is 0 Å². The van der Waals surface area contributed by atoms with E-state index in [0.29, 0.717) is 19.4 Å². The SMILES string of the molecule is CCCNCc1ccc(F)c(S(=O)(=O)NC(CC)CC)c1. The molecular formula is C15H25FN2O2S. The first-order valence-corrected chi connectivity index (χ1v) is 8.94. The molecule has 1 rings (SSSR count). The minimum Gasteiger partial charge on any atom is -0.313 e. The number of hydrogen-bond donors (Lipinski definition) is 2. The molecule has 0 aromatic heterocycles. The van der Waals surface area contributed by atoms with E-state index in [1.165, 1.54) is 12.1 Å². The Balaban J connectivity index is 2.96. The van der Waals surface area contributed by atoms with Crippen molar-refractivity contribution in [3.05, 3.63) is 29.6 Å². The van der Waals surface area contributed by atoms with Gasteiger partial charge in [-0.15, -0.1) is 0 Å². The summed E-state index contributed by atoms with van der Waals surface area (Å²) in [6, 6.07) is 4.05. The Kier molecular flexibility index (Phi) is 7.28. The number of benzene rings is 1. The third kappa shape index (κ3) is 5.37. The molecule has 0 aliphatic carbocycles. The Labute approximate surface area is 127 Å². The molecule has 21 heavy (non-hydrogen) atoms. The van der Waals surface area contributed by atoms with Gasteiger partial charge in [0.2, 0.25) is 10.0 Å². The van der Waals surface area contributed by atoms with Crippen LogP contribution in [0, 0.1) is 5.82 Å². The topological polar surface area (TPSA) is 58.2 Å². The van der Waals surface area contributed by atoms with Crippen molar-refractivity contribution in [3.8, 4) is 0 Å². The van der Waals surface area contributed by atoms with Gasteiger partial charge in [0.15, 0.2) is 0 Å². The molecule has 0 aliphatic heterocycles. The Morgan fingerprint density at radius 2 is 1.86 bits per heavy atom. The van der Waals surface area contributed by atoms with Crippen LogP contribution in [0.15, 0.2) is 23.1 Å². The summed E-state index contributed by atoms with van der Waals surface area (Å²) in [7, 11) is -3.82. The second kappa shape index (κ2) is 8.46. The fraction of sp³-hybridized carbons (Fsp3) is 0.600. The monoisotopic (exact) mass is 316 g/mol. The van der Waals surface area contributed by atoms with Crippen molar-refractivity contribution in [2.75, 3.05) is 6.54 Å². The zero-order chi connectivity index (χ0) is 15.9. The van der Waals surface area contributed by atoms with E-state index in [4.69, 9.17) is 0 Å². The molecule has 0 saturated carbocycles. The molecule has 6 heteroatoms. The maximum atomic E-state index is 13.9. The van der Waals surface area contributed by atoms with Crippen LogP contribution in [-0.2, 0) is 16.6 Å². The van der Waals surface area contributed by atoms with Gasteiger partial charge in [0.25, 0.3) is 0 Å². The van der Waals surface area contributed by atoms with E-state index in [0.717, 1.165) is 18.5 Å². The van der Waals surface area contributed by atoms with E-state index in [2.05, 4.69) is 10.0 Å². The molecule has 1 aromatic rings. The van der Waals surface area contributed by atoms with E-state index in [-0.39, 0.29) is 10.9 Å². The quantitative estimate of drug-likeness (QED) is 0.689. The Morgan fingerprint density at radius 1 is 1.19 bits per heavy atom. The van der Waals surface area contributed by atoms with Crippen LogP contribution in [0.4, 0.5) is 4.39 Å². The van der Waals surface area contributed by atoms with Gasteiger partial charge < -0.3 is 5.32 Å². The van der Waals surface area contributed by atoms with Gasteiger partial charge in [0.1, 0.15) is 10.7 Å². The van der Waals surface area contributed by atoms with E-state index in [9.17, 15) is 12.8 Å². The number of nitrogens with one attached hydrogen (secondary N) is 2. The van der Waals surface area contributed by atoms with Gasteiger partial charge in [-0.05, 0) is 43.5 Å². The summed E-state index contributed by atoms with van der Waals surface area (Å²) in [5.74, 6) is -0.715. The first-order valence-electron chi connectivity index (χ1n) is 7.46. The van der Waals surface area contributed by atoms with Gasteiger partial charge in [-0.1, -0.05) is 26.8 Å². The summed E-state index contributed by atoms with van der Waals surface area (Å²) in [6.45, 7) is 7.22. The van der Waals surface area contributed by atoms with Crippen LogP contribution in [0.5, 0.6) is 0 Å². The molecule has 0 bridgehead atoms. The highest BCUT2D eigenvalue weighted by atomic mass is 32.2. The second-order valence-electron chi connectivity index (χ2n) is 5.08. The third-order valence-electron chi connectivity index (χ3n) is 3.35. The molecule has 0 unspecified atom stereocenters. The molecule has 0 radical (unpaired) electrons. The summed E-state index contributed by atoms with van der Waals surface area (Å²) in [5, 5.41) is 3.17. The van der Waals surface area contributed by atoms with Crippen molar-refractivity contribution in [3.63, 3.8) is 0 Å². The highest BCUT2D eigenvalue weighted by Crippen LogP contribution is 2.17. The van der Waals surface area contributed by atoms with Crippen molar-refractivity contribution < 1.29 is 12.8 Å². The van der Waals surface area contributed by atoms with Gasteiger partial charge in [-0.3, -0.25) is 0 Å². The van der Waals surface area contributed by atoms with Crippen molar-refractivity contribution in [2.45, 2.75) is 57.5 Å². The standard InChI is InChI=1S/C15H25FN2O2S/c1-4-9-17-11-12-7-8-14(16)15(10-12)21(19,20)18-13(5-2)6-3/h7-8,10,13,17-18H,4-6,9,11H2,1-3H3. The van der Waals surface area contributed by atoms with Crippen LogP contribution in [0.1, 0.15) is 45.6 Å². The van der Waals surface area contributed by atoms with Crippen molar-refractivity contribution in [1.29, 1.82) is 0 Å². The van der Waals surface area contributed by atoms with Crippen LogP contribution in [0.2, 0.25) is 0 Å². The minimum atomic E-state index is -3.82. The van der Waals surface area contributed by atoms with Gasteiger partial charge in [0.05, 0.1) is 0 Å². The van der Waals surface area contributed by atoms with E-state index in [1.54, 1.807) is 6.07 Å². The molecule has 0 heterocycles. The summed E-state index contributed by atoms with van der Waals surface area (Å²) in [4.78, 5) is -0.273. The first-order chi connectivity index (χ1) is 9.94. The highest BCUT2D eigenvalue weighted by molar-refractivity contribution is 7.89. The molecule has 0 aliphatic rings. The predicted molar refractivity (Wildman–Crippen MR) is 83.1 cm³/mol. The fourth-order valence-electron chi connectivity index (χ4n) is 2.01. The molecule has 0 amide bonds. The summed E-state index contributed by atoms with van der Waals surface area (Å²) >= 11 is 0. The molecule has 0 fully saturated rings. The zero-order valence-corrected chi connectivity index (χ0v) is 13.8. The molecule has 0 atom stereocenters. The van der Waals surface area contributed by atoms with E-state index >= 15 is 0 Å². The highest BCUT2D eigenvalue weighted by Gasteiger charge is 2.22. The lowest BCUT2D eigenvalue weighted by Crippen LogP contribution is -2.34. The predicted octanol–water partition coefficient (Wildman–Crippen LogP) is 2.79. The van der Waals surface area contributed by atoms with Crippen LogP contribution < -0.4 is 10.0 Å². The zero-order valence-electron chi connectivity index (χ0n) is 12.9. The maximum Gasteiger partial charge on any atom is 0.243 e. The van der Waals surface area contributed by atoms with Gasteiger partial charge in [-0.25, -0.2) is 17.5 Å². The molecule has 120 valence electrons. The lowest BCUT2D eigenvalue weighted by atomic mass is 10.2. The molecule has 0 saturated heterocycles. The second-order valence-corrected chi connectivity index (χ2v) is 6.76. The number of halogens is 1. The molecule has 0 spiro atoms. The normalized spacial score (nSPS) is 12.0. The molecular weight excluding hydrogens is 291 g/mol. The summed E-state index contributed by atoms with van der Waals surface area (Å²) in [6.07, 6.45) is 2.34. The van der Waals surface area contributed by atoms with Crippen LogP contribution in [-0.4, -0.2) is 21.0 Å². The summed E-state index contributed by atoms with van der Waals surface area (Å²) in [5.41, 5.74) is 0.759. The van der Waals surface area contributed by atoms with Gasteiger partial charge in [0, 0.05) is 12.6 Å². The third-order valence-corrected chi connectivity index (χ3v) is 4.88. The van der Waals surface area contributed by atoms with E-state index < -0.39 is 15.8 Å². The van der Waals surface area contributed by atoms with E-state index in [1.807, 2.05) is 20.8 Å². The number of hydrogen-bond acceptors (Lipinski definition) is 3. The lowest BCUT2D eigenvalue weighted by Gasteiger charge is -2.16. The first kappa shape index (κ1) is 18.1. The fourth-order valence-corrected chi connectivity index (χ4v) is 3.54. The largest absolute Gasteiger partial charge is 0.313 e. The van der Waals surface area contributed by atoms with Crippen LogP contribution in [0.3, 0.4) is 0 Å². The Hall–Kier alpha value is -0.980. The summed E-state index contributed by atoms with van der Waals surface area (Å²) < 4.78 is 41.0. The minimum absolute atomic E-state index is 0.170. The van der Waals surface area contributed by atoms with Crippen molar-refractivity contribution in [1.82, 2.24) is 10.0 Å². The molecule has 4 nitrogen and oxygen atoms in total. The average Bonchev–Trinajstić information content (AvgIpc) is 2.46. The molecule has 1 aromatic carbocycles. The maximum absolute atomic E-state index is 13.9. The van der Waals surface area contributed by atoms with Crippen molar-refractivity contribution >= 4 is 10.0 Å². The average molecular weight is 316 g/mol. The Bertz CT molecular complexity index is 543. The van der Waals surface area contributed by atoms with Crippen LogP contribution >= 0.6 is 0 Å². The smallest absolute Gasteiger partial charge is 0.243 e. The molecule has 2 N–H and O–H groups in total. The van der Waals surface area contributed by atoms with Crippen molar-refractivity contribution in [2.24, 2.45) is 0 Å².